The molecule has 0 aliphatic carbocycles. The summed E-state index contributed by atoms with van der Waals surface area (Å²) in [6, 6.07) is 125. The molecule has 92 heavy (non-hydrogen) atoms. The summed E-state index contributed by atoms with van der Waals surface area (Å²) in [7, 11) is 0. The Morgan fingerprint density at radius 2 is 0.467 bits per heavy atom. The first-order valence-electron chi connectivity index (χ1n) is 31.7. The Balaban J connectivity index is 1.12. The van der Waals surface area contributed by atoms with E-state index >= 15 is 0 Å². The summed E-state index contributed by atoms with van der Waals surface area (Å²) in [4.78, 5) is 11.9. The molecule has 2 aliphatic heterocycles. The molecule has 16 aromatic carbocycles. The average Bonchev–Trinajstić information content (AvgIpc) is 1.33. The summed E-state index contributed by atoms with van der Waals surface area (Å²) in [5.41, 5.74) is 26.3. The maximum Gasteiger partial charge on any atom is 0.0817 e. The van der Waals surface area contributed by atoms with Gasteiger partial charge in [0.25, 0.3) is 0 Å². The second kappa shape index (κ2) is 21.9. The molecule has 426 valence electrons. The van der Waals surface area contributed by atoms with Crippen LogP contribution in [-0.4, -0.2) is 0 Å². The van der Waals surface area contributed by atoms with E-state index in [-0.39, 0.29) is 0 Å². The van der Waals surface area contributed by atoms with E-state index in [1.807, 2.05) is 0 Å². The first-order valence-corrected chi connectivity index (χ1v) is 31.7. The average molecular weight is 1170 g/mol. The molecule has 0 saturated heterocycles. The minimum Gasteiger partial charge on any atom is -0.247 e. The summed E-state index contributed by atoms with van der Waals surface area (Å²) in [5.74, 6) is 0. The Labute approximate surface area is 533 Å². The minimum absolute atomic E-state index is 0.893. The van der Waals surface area contributed by atoms with Crippen LogP contribution in [-0.2, 0) is 0 Å². The second-order valence-electron chi connectivity index (χ2n) is 24.0. The van der Waals surface area contributed by atoms with Crippen LogP contribution in [0, 0.1) is 10.4 Å². The number of hydrogen-bond acceptors (Lipinski definition) is 2. The first kappa shape index (κ1) is 53.0. The maximum absolute atomic E-state index is 6.19. The lowest BCUT2D eigenvalue weighted by Gasteiger charge is -2.29. The quantitative estimate of drug-likeness (QED) is 0.122. The second-order valence-corrected chi connectivity index (χ2v) is 24.0. The molecule has 16 aromatic rings. The van der Waals surface area contributed by atoms with Crippen molar-refractivity contribution in [3.63, 3.8) is 0 Å². The van der Waals surface area contributed by atoms with Crippen LogP contribution in [0.15, 0.2) is 350 Å². The van der Waals surface area contributed by atoms with Gasteiger partial charge in [-0.1, -0.05) is 322 Å². The van der Waals surface area contributed by atoms with Crippen LogP contribution in [0.2, 0.25) is 0 Å². The zero-order valence-corrected chi connectivity index (χ0v) is 50.2. The molecule has 0 spiro atoms. The molecule has 0 fully saturated rings. The highest BCUT2D eigenvalue weighted by Gasteiger charge is 2.37. The third kappa shape index (κ3) is 8.42. The third-order valence-corrected chi connectivity index (χ3v) is 19.1. The van der Waals surface area contributed by atoms with Gasteiger partial charge >= 0.3 is 0 Å². The summed E-state index contributed by atoms with van der Waals surface area (Å²) in [5, 5.41) is 11.3. The van der Waals surface area contributed by atoms with E-state index in [1.165, 1.54) is 32.3 Å². The molecule has 0 atom stereocenters. The monoisotopic (exact) mass is 1160 g/mol. The fraction of sp³-hybridized carbons (Fsp3) is 0. The van der Waals surface area contributed by atoms with Crippen LogP contribution >= 0.6 is 0 Å². The fourth-order valence-corrected chi connectivity index (χ4v) is 15.2. The Hall–Kier alpha value is -12.1. The number of para-hydroxylation sites is 1. The van der Waals surface area contributed by atoms with Crippen molar-refractivity contribution in [2.45, 2.75) is 0 Å². The molecule has 2 nitrogen and oxygen atoms in total. The van der Waals surface area contributed by atoms with Crippen LogP contribution in [0.5, 0.6) is 0 Å². The van der Waals surface area contributed by atoms with Crippen LogP contribution in [0.4, 0.5) is 11.4 Å². The highest BCUT2D eigenvalue weighted by Crippen LogP contribution is 2.62. The van der Waals surface area contributed by atoms with Crippen molar-refractivity contribution >= 4 is 43.7 Å². The molecule has 0 radical (unpaired) electrons. The van der Waals surface area contributed by atoms with Crippen molar-refractivity contribution in [2.24, 2.45) is 9.98 Å². The molecule has 0 unspecified atom stereocenters. The van der Waals surface area contributed by atoms with Gasteiger partial charge in [-0.3, -0.25) is 0 Å². The Kier molecular flexibility index (Phi) is 12.6. The van der Waals surface area contributed by atoms with Gasteiger partial charge in [0, 0.05) is 38.3 Å². The van der Waals surface area contributed by atoms with Gasteiger partial charge in [-0.2, -0.15) is 0 Å². The molecule has 2 heterocycles. The summed E-state index contributed by atoms with van der Waals surface area (Å²) < 4.78 is 0. The van der Waals surface area contributed by atoms with E-state index in [0.29, 0.717) is 0 Å². The van der Waals surface area contributed by atoms with Gasteiger partial charge in [0.1, 0.15) is 0 Å². The number of rotatable bonds is 10. The van der Waals surface area contributed by atoms with Gasteiger partial charge in [-0.05, 0) is 145 Å². The molecule has 0 amide bonds. The molecule has 0 aromatic heterocycles. The minimum atomic E-state index is 0.893. The zero-order valence-electron chi connectivity index (χ0n) is 50.2. The number of fused-ring (bicyclic) bond motifs is 12. The largest absolute Gasteiger partial charge is 0.247 e. The highest BCUT2D eigenvalue weighted by atomic mass is 14.8. The Bertz CT molecular complexity index is 5880. The van der Waals surface area contributed by atoms with Gasteiger partial charge in [0.15, 0.2) is 0 Å². The van der Waals surface area contributed by atoms with Gasteiger partial charge in [-0.25, -0.2) is 9.98 Å². The van der Waals surface area contributed by atoms with E-state index in [9.17, 15) is 0 Å². The number of nitrogens with zero attached hydrogens (tertiary/aromatic N) is 2. The van der Waals surface area contributed by atoms with Crippen LogP contribution in [0.3, 0.4) is 0 Å². The molecule has 0 bridgehead atoms. The van der Waals surface area contributed by atoms with Crippen LogP contribution < -0.4 is 10.7 Å². The molecular formula is C90H56N2. The maximum atomic E-state index is 6.19. The molecular weight excluding hydrogens is 1110 g/mol. The van der Waals surface area contributed by atoms with Crippen molar-refractivity contribution in [3.8, 4) is 122 Å². The SMILES string of the molecule is c1ccc(-c2ccccc2-c2ccccc2-c2c3c(c(-c4cccc5c6ccccc6c6ccccc6c45)c(-c4ccccc4-c4ccccc4-c4ccccc4)c2-c2ccccc2-c2ccccc2-c2ccccc2)-c2c4c(ccc2=N3)=c2ccccc2=N4)cc1. The van der Waals surface area contributed by atoms with E-state index in [4.69, 9.17) is 9.98 Å². The lowest BCUT2D eigenvalue weighted by molar-refractivity contribution is 1.36. The third-order valence-electron chi connectivity index (χ3n) is 19.1. The predicted molar refractivity (Wildman–Crippen MR) is 385 cm³/mol. The summed E-state index contributed by atoms with van der Waals surface area (Å²) in [6.07, 6.45) is 0. The Morgan fingerprint density at radius 3 is 0.946 bits per heavy atom. The van der Waals surface area contributed by atoms with E-state index in [1.54, 1.807) is 0 Å². The molecule has 18 rings (SSSR count). The first-order chi connectivity index (χ1) is 45.7. The fourth-order valence-electron chi connectivity index (χ4n) is 15.2. The van der Waals surface area contributed by atoms with E-state index < -0.39 is 0 Å². The van der Waals surface area contributed by atoms with Crippen LogP contribution in [0.1, 0.15) is 0 Å². The van der Waals surface area contributed by atoms with Crippen molar-refractivity contribution in [2.75, 3.05) is 0 Å². The summed E-state index contributed by atoms with van der Waals surface area (Å²) >= 11 is 0. The van der Waals surface area contributed by atoms with Gasteiger partial charge in [0.2, 0.25) is 0 Å². The lowest BCUT2D eigenvalue weighted by Crippen LogP contribution is -2.04. The van der Waals surface area contributed by atoms with Crippen molar-refractivity contribution in [1.82, 2.24) is 0 Å². The Morgan fingerprint density at radius 1 is 0.152 bits per heavy atom. The lowest BCUT2D eigenvalue weighted by atomic mass is 9.73. The van der Waals surface area contributed by atoms with Crippen molar-refractivity contribution in [1.29, 1.82) is 0 Å². The molecule has 0 N–H and O–H groups in total. The molecule has 2 aliphatic rings. The van der Waals surface area contributed by atoms with Gasteiger partial charge in [-0.15, -0.1) is 0 Å². The number of hydrogen-bond donors (Lipinski definition) is 0. The van der Waals surface area contributed by atoms with E-state index in [2.05, 4.69) is 340 Å². The predicted octanol–water partition coefficient (Wildman–Crippen LogP) is 23.3. The van der Waals surface area contributed by atoms with E-state index in [0.717, 1.165) is 155 Å². The van der Waals surface area contributed by atoms with Crippen molar-refractivity contribution < 1.29 is 0 Å². The van der Waals surface area contributed by atoms with Gasteiger partial charge in [0.05, 0.1) is 22.1 Å². The smallest absolute Gasteiger partial charge is 0.0817 e. The molecule has 0 saturated carbocycles. The molecule has 2 heteroatoms. The standard InChI is InChI=1S/C90H56N2/c1-4-29-57(30-5-1)60-35-10-13-38-63(60)67-42-19-23-49-75(67)83-84(76-50-24-20-43-68(76)64-39-14-11-36-61(64)58-31-6-2-7-32-58)86(77-51-25-21-44-69(77)65-40-15-12-37-62(65)59-33-8-3-9-34-59)90-88(87-81(92-90)56-55-78-72-47-26-27-54-80(72)91-89(78)87)85(83)79-53-28-52-74-71-45-17-16-41-66(71)70-46-18-22-48-73(70)82(74)79/h1-56H. The normalized spacial score (nSPS) is 11.9. The van der Waals surface area contributed by atoms with Gasteiger partial charge < -0.3 is 0 Å². The highest BCUT2D eigenvalue weighted by molar-refractivity contribution is 6.31. The van der Waals surface area contributed by atoms with Crippen molar-refractivity contribution in [3.05, 3.63) is 361 Å². The topological polar surface area (TPSA) is 24.7 Å². The zero-order chi connectivity index (χ0) is 60.6. The number of benzene rings is 16. The van der Waals surface area contributed by atoms with Crippen LogP contribution in [0.25, 0.3) is 155 Å². The summed E-state index contributed by atoms with van der Waals surface area (Å²) in [6.45, 7) is 0.